The molecule has 1 aromatic rings. The maximum absolute atomic E-state index is 13.2. The summed E-state index contributed by atoms with van der Waals surface area (Å²) in [7, 11) is -3.54. The average Bonchev–Trinajstić information content (AvgIpc) is 3.09. The summed E-state index contributed by atoms with van der Waals surface area (Å²) < 4.78 is 37.1. The molecule has 0 aromatic heterocycles. The van der Waals surface area contributed by atoms with E-state index in [4.69, 9.17) is 5.26 Å². The molecule has 0 N–H and O–H groups in total. The van der Waals surface area contributed by atoms with Crippen LogP contribution in [0.5, 0.6) is 0 Å². The fourth-order valence-corrected chi connectivity index (χ4v) is 4.44. The molecular formula is C13H12FNO3S. The summed E-state index contributed by atoms with van der Waals surface area (Å²) in [4.78, 5) is 11.2. The molecule has 0 aliphatic heterocycles. The molecule has 6 heteroatoms. The zero-order chi connectivity index (χ0) is 14.3. The Morgan fingerprint density at radius 2 is 2.21 bits per heavy atom. The van der Waals surface area contributed by atoms with Crippen molar-refractivity contribution in [1.29, 1.82) is 5.26 Å². The molecule has 1 aromatic carbocycles. The van der Waals surface area contributed by atoms with E-state index in [2.05, 4.69) is 0 Å². The Labute approximate surface area is 110 Å². The second kappa shape index (κ2) is 4.42. The highest BCUT2D eigenvalue weighted by Crippen LogP contribution is 2.61. The average molecular weight is 281 g/mol. The van der Waals surface area contributed by atoms with Crippen LogP contribution < -0.4 is 0 Å². The lowest BCUT2D eigenvalue weighted by Gasteiger charge is -2.00. The van der Waals surface area contributed by atoms with E-state index in [0.717, 1.165) is 0 Å². The summed E-state index contributed by atoms with van der Waals surface area (Å²) in [6, 6.07) is 7.16. The zero-order valence-electron chi connectivity index (χ0n) is 10.2. The number of hydrogen-bond donors (Lipinski definition) is 0. The Balaban J connectivity index is 2.52. The van der Waals surface area contributed by atoms with E-state index < -0.39 is 32.2 Å². The van der Waals surface area contributed by atoms with E-state index in [-0.39, 0.29) is 5.75 Å². The first-order valence-corrected chi connectivity index (χ1v) is 7.49. The van der Waals surface area contributed by atoms with Crippen LogP contribution >= 0.6 is 0 Å². The minimum Gasteiger partial charge on any atom is -0.302 e. The number of nitriles is 1. The molecule has 0 amide bonds. The van der Waals surface area contributed by atoms with E-state index >= 15 is 0 Å². The van der Waals surface area contributed by atoms with Gasteiger partial charge in [0, 0.05) is 11.7 Å². The first-order chi connectivity index (χ1) is 8.93. The van der Waals surface area contributed by atoms with Crippen molar-refractivity contribution in [2.24, 2.45) is 5.41 Å². The lowest BCUT2D eigenvalue weighted by molar-refractivity contribution is -0.110. The van der Waals surface area contributed by atoms with Gasteiger partial charge in [0.15, 0.2) is 9.84 Å². The summed E-state index contributed by atoms with van der Waals surface area (Å²) in [6.45, 7) is 1.46. The smallest absolute Gasteiger partial charge is 0.155 e. The zero-order valence-corrected chi connectivity index (χ0v) is 11.0. The van der Waals surface area contributed by atoms with Gasteiger partial charge in [0.2, 0.25) is 0 Å². The standard InChI is InChI=1S/C13H12FNO3S/c1-2-19(17,18)12-11(13(12,7-15)8-16)9-4-3-5-10(14)6-9/h3-6,8,11-12H,2H2,1H3/t11-,12+,13-/m0/s1. The van der Waals surface area contributed by atoms with Crippen LogP contribution in [0, 0.1) is 22.6 Å². The lowest BCUT2D eigenvalue weighted by Crippen LogP contribution is -2.17. The SMILES string of the molecule is CCS(=O)(=O)[C@@H]1[C@H](c2cccc(F)c2)[C@]1(C#N)C=O. The van der Waals surface area contributed by atoms with E-state index in [9.17, 15) is 17.6 Å². The second-order valence-corrected chi connectivity index (χ2v) is 6.98. The highest BCUT2D eigenvalue weighted by atomic mass is 32.2. The van der Waals surface area contributed by atoms with Crippen LogP contribution in [0.15, 0.2) is 24.3 Å². The summed E-state index contributed by atoms with van der Waals surface area (Å²) >= 11 is 0. The Hall–Kier alpha value is -1.74. The topological polar surface area (TPSA) is 75.0 Å². The van der Waals surface area contributed by atoms with Crippen molar-refractivity contribution in [3.05, 3.63) is 35.6 Å². The minimum atomic E-state index is -3.54. The summed E-state index contributed by atoms with van der Waals surface area (Å²) in [5.41, 5.74) is -1.21. The molecule has 0 spiro atoms. The van der Waals surface area contributed by atoms with E-state index in [0.29, 0.717) is 11.8 Å². The largest absolute Gasteiger partial charge is 0.302 e. The normalized spacial score (nSPS) is 29.5. The Morgan fingerprint density at radius 1 is 1.53 bits per heavy atom. The van der Waals surface area contributed by atoms with Gasteiger partial charge in [0.1, 0.15) is 17.5 Å². The number of rotatable bonds is 4. The molecule has 3 atom stereocenters. The first-order valence-electron chi connectivity index (χ1n) is 5.77. The van der Waals surface area contributed by atoms with Crippen molar-refractivity contribution in [3.8, 4) is 6.07 Å². The molecule has 0 radical (unpaired) electrons. The van der Waals surface area contributed by atoms with Crippen molar-refractivity contribution in [2.45, 2.75) is 18.1 Å². The number of aldehydes is 1. The molecule has 2 rings (SSSR count). The number of carbonyl (C=O) groups excluding carboxylic acids is 1. The van der Waals surface area contributed by atoms with E-state index in [1.807, 2.05) is 0 Å². The van der Waals surface area contributed by atoms with Crippen LogP contribution in [0.2, 0.25) is 0 Å². The van der Waals surface area contributed by atoms with Gasteiger partial charge in [-0.05, 0) is 17.7 Å². The van der Waals surface area contributed by atoms with Crippen LogP contribution in [0.3, 0.4) is 0 Å². The van der Waals surface area contributed by atoms with Gasteiger partial charge in [0.05, 0.1) is 11.3 Å². The molecule has 1 fully saturated rings. The number of carbonyl (C=O) groups is 1. The maximum Gasteiger partial charge on any atom is 0.155 e. The summed E-state index contributed by atoms with van der Waals surface area (Å²) in [5.74, 6) is -1.45. The third-order valence-electron chi connectivity index (χ3n) is 3.56. The van der Waals surface area contributed by atoms with Gasteiger partial charge >= 0.3 is 0 Å². The fourth-order valence-electron chi connectivity index (χ4n) is 2.51. The van der Waals surface area contributed by atoms with Gasteiger partial charge in [-0.15, -0.1) is 0 Å². The first kappa shape index (κ1) is 13.7. The Morgan fingerprint density at radius 3 is 2.68 bits per heavy atom. The third-order valence-corrected chi connectivity index (χ3v) is 5.81. The summed E-state index contributed by atoms with van der Waals surface area (Å²) in [6.07, 6.45) is 0.375. The van der Waals surface area contributed by atoms with Crippen LogP contribution in [0.1, 0.15) is 18.4 Å². The van der Waals surface area contributed by atoms with Crippen molar-refractivity contribution >= 4 is 16.1 Å². The predicted molar refractivity (Wildman–Crippen MR) is 66.5 cm³/mol. The van der Waals surface area contributed by atoms with Crippen LogP contribution in [-0.4, -0.2) is 25.7 Å². The predicted octanol–water partition coefficient (Wildman–Crippen LogP) is 1.44. The number of benzene rings is 1. The number of halogens is 1. The second-order valence-electron chi connectivity index (χ2n) is 4.57. The van der Waals surface area contributed by atoms with Gasteiger partial charge in [-0.25, -0.2) is 12.8 Å². The van der Waals surface area contributed by atoms with Crippen LogP contribution in [0.25, 0.3) is 0 Å². The molecule has 0 bridgehead atoms. The molecule has 1 aliphatic rings. The number of nitrogens with zero attached hydrogens (tertiary/aromatic N) is 1. The summed E-state index contributed by atoms with van der Waals surface area (Å²) in [5, 5.41) is 8.07. The van der Waals surface area contributed by atoms with Gasteiger partial charge in [-0.2, -0.15) is 5.26 Å². The molecule has 100 valence electrons. The lowest BCUT2D eigenvalue weighted by atomic mass is 10.0. The number of hydrogen-bond acceptors (Lipinski definition) is 4. The molecule has 1 saturated carbocycles. The van der Waals surface area contributed by atoms with Crippen molar-refractivity contribution in [1.82, 2.24) is 0 Å². The molecule has 0 heterocycles. The van der Waals surface area contributed by atoms with Gasteiger partial charge in [-0.1, -0.05) is 19.1 Å². The van der Waals surface area contributed by atoms with Crippen molar-refractivity contribution in [3.63, 3.8) is 0 Å². The van der Waals surface area contributed by atoms with E-state index in [1.54, 1.807) is 6.07 Å². The molecule has 0 saturated heterocycles. The van der Waals surface area contributed by atoms with E-state index in [1.165, 1.54) is 31.2 Å². The van der Waals surface area contributed by atoms with Crippen molar-refractivity contribution < 1.29 is 17.6 Å². The minimum absolute atomic E-state index is 0.152. The van der Waals surface area contributed by atoms with Crippen LogP contribution in [0.4, 0.5) is 4.39 Å². The molecule has 19 heavy (non-hydrogen) atoms. The fraction of sp³-hybridized carbons (Fsp3) is 0.385. The number of sulfone groups is 1. The molecule has 4 nitrogen and oxygen atoms in total. The highest BCUT2D eigenvalue weighted by molar-refractivity contribution is 7.92. The Bertz CT molecular complexity index is 665. The van der Waals surface area contributed by atoms with Gasteiger partial charge in [-0.3, -0.25) is 0 Å². The molecular weight excluding hydrogens is 269 g/mol. The highest BCUT2D eigenvalue weighted by Gasteiger charge is 2.72. The molecule has 0 unspecified atom stereocenters. The van der Waals surface area contributed by atoms with Gasteiger partial charge < -0.3 is 4.79 Å². The van der Waals surface area contributed by atoms with Gasteiger partial charge in [0.25, 0.3) is 0 Å². The Kier molecular flexibility index (Phi) is 3.19. The van der Waals surface area contributed by atoms with Crippen LogP contribution in [-0.2, 0) is 14.6 Å². The van der Waals surface area contributed by atoms with Crippen molar-refractivity contribution in [2.75, 3.05) is 5.75 Å². The molecule has 1 aliphatic carbocycles. The monoisotopic (exact) mass is 281 g/mol. The third kappa shape index (κ3) is 1.94. The quantitative estimate of drug-likeness (QED) is 0.782. The maximum atomic E-state index is 13.2.